The summed E-state index contributed by atoms with van der Waals surface area (Å²) in [7, 11) is 0. The molecule has 0 aromatic heterocycles. The Morgan fingerprint density at radius 3 is 2.47 bits per heavy atom. The van der Waals surface area contributed by atoms with Crippen molar-refractivity contribution in [2.45, 2.75) is 6.18 Å². The fourth-order valence-electron chi connectivity index (χ4n) is 1.02. The van der Waals surface area contributed by atoms with Gasteiger partial charge in [0.15, 0.2) is 6.61 Å². The average Bonchev–Trinajstić information content (AvgIpc) is 2.17. The van der Waals surface area contributed by atoms with Crippen molar-refractivity contribution in [2.75, 3.05) is 12.3 Å². The summed E-state index contributed by atoms with van der Waals surface area (Å²) in [6.07, 6.45) is -4.59. The Morgan fingerprint density at radius 1 is 1.41 bits per heavy atom. The van der Waals surface area contributed by atoms with Crippen molar-refractivity contribution in [1.29, 1.82) is 0 Å². The summed E-state index contributed by atoms with van der Waals surface area (Å²) in [5.41, 5.74) is 4.12. The number of carbonyl (C=O) groups is 1. The number of ether oxygens (including phenoxy) is 1. The van der Waals surface area contributed by atoms with Crippen LogP contribution in [0.15, 0.2) is 12.1 Å². The number of aromatic carboxylic acids is 1. The summed E-state index contributed by atoms with van der Waals surface area (Å²) in [5, 5.41) is 8.52. The van der Waals surface area contributed by atoms with E-state index in [0.717, 1.165) is 0 Å². The molecule has 1 rings (SSSR count). The van der Waals surface area contributed by atoms with Crippen LogP contribution in [0.25, 0.3) is 0 Å². The van der Waals surface area contributed by atoms with E-state index in [1.165, 1.54) is 0 Å². The van der Waals surface area contributed by atoms with Crippen molar-refractivity contribution in [3.63, 3.8) is 0 Å². The van der Waals surface area contributed by atoms with Crippen LogP contribution >= 0.6 is 0 Å². The molecule has 0 atom stereocenters. The number of hydrogen-bond acceptors (Lipinski definition) is 3. The molecule has 8 heteroatoms. The van der Waals surface area contributed by atoms with E-state index in [9.17, 15) is 22.4 Å². The SMILES string of the molecule is Nc1cc(C(=O)O)c(F)cc1OCC(F)(F)F. The summed E-state index contributed by atoms with van der Waals surface area (Å²) in [6.45, 7) is -1.64. The van der Waals surface area contributed by atoms with Crippen LogP contribution in [-0.4, -0.2) is 23.9 Å². The zero-order valence-electron chi connectivity index (χ0n) is 8.21. The maximum atomic E-state index is 13.1. The topological polar surface area (TPSA) is 72.6 Å². The van der Waals surface area contributed by atoms with Gasteiger partial charge in [-0.05, 0) is 6.07 Å². The van der Waals surface area contributed by atoms with Crippen molar-refractivity contribution in [3.05, 3.63) is 23.5 Å². The lowest BCUT2D eigenvalue weighted by Gasteiger charge is -2.11. The van der Waals surface area contributed by atoms with Crippen molar-refractivity contribution in [1.82, 2.24) is 0 Å². The summed E-state index contributed by atoms with van der Waals surface area (Å²) >= 11 is 0. The highest BCUT2D eigenvalue weighted by molar-refractivity contribution is 5.89. The number of carboxylic acids is 1. The van der Waals surface area contributed by atoms with Crippen LogP contribution in [-0.2, 0) is 0 Å². The monoisotopic (exact) mass is 253 g/mol. The number of carboxylic acid groups (broad SMARTS) is 1. The van der Waals surface area contributed by atoms with E-state index in [1.807, 2.05) is 0 Å². The van der Waals surface area contributed by atoms with Gasteiger partial charge in [0.05, 0.1) is 11.3 Å². The number of benzene rings is 1. The molecule has 0 aliphatic rings. The lowest BCUT2D eigenvalue weighted by atomic mass is 10.2. The van der Waals surface area contributed by atoms with Crippen LogP contribution in [0.3, 0.4) is 0 Å². The molecule has 1 aromatic rings. The van der Waals surface area contributed by atoms with Gasteiger partial charge in [-0.15, -0.1) is 0 Å². The molecule has 0 aliphatic heterocycles. The first-order chi connectivity index (χ1) is 7.70. The normalized spacial score (nSPS) is 11.3. The predicted octanol–water partition coefficient (Wildman–Crippen LogP) is 2.05. The number of nitrogen functional groups attached to an aromatic ring is 1. The first kappa shape index (κ1) is 13.1. The first-order valence-corrected chi connectivity index (χ1v) is 4.22. The smallest absolute Gasteiger partial charge is 0.422 e. The highest BCUT2D eigenvalue weighted by Gasteiger charge is 2.29. The summed E-state index contributed by atoms with van der Waals surface area (Å²) in [6, 6.07) is 1.20. The van der Waals surface area contributed by atoms with Gasteiger partial charge in [0, 0.05) is 6.07 Å². The molecule has 0 bridgehead atoms. The molecule has 3 N–H and O–H groups in total. The maximum absolute atomic E-state index is 13.1. The summed E-state index contributed by atoms with van der Waals surface area (Å²) in [5.74, 6) is -3.34. The average molecular weight is 253 g/mol. The van der Waals surface area contributed by atoms with Crippen molar-refractivity contribution in [3.8, 4) is 5.75 Å². The zero-order valence-corrected chi connectivity index (χ0v) is 8.21. The third-order valence-electron chi connectivity index (χ3n) is 1.72. The van der Waals surface area contributed by atoms with Gasteiger partial charge in [0.1, 0.15) is 11.6 Å². The van der Waals surface area contributed by atoms with Gasteiger partial charge in [-0.2, -0.15) is 13.2 Å². The second-order valence-corrected chi connectivity index (χ2v) is 3.08. The molecule has 0 radical (unpaired) electrons. The van der Waals surface area contributed by atoms with Gasteiger partial charge in [0.2, 0.25) is 0 Å². The molecule has 0 unspecified atom stereocenters. The minimum atomic E-state index is -4.59. The van der Waals surface area contributed by atoms with Crippen LogP contribution in [0.1, 0.15) is 10.4 Å². The molecule has 0 heterocycles. The van der Waals surface area contributed by atoms with E-state index in [0.29, 0.717) is 12.1 Å². The number of nitrogens with two attached hydrogens (primary N) is 1. The Labute approximate surface area is 92.6 Å². The highest BCUT2D eigenvalue weighted by Crippen LogP contribution is 2.27. The highest BCUT2D eigenvalue weighted by atomic mass is 19.4. The number of alkyl halides is 3. The van der Waals surface area contributed by atoms with Crippen LogP contribution in [0, 0.1) is 5.82 Å². The molecular formula is C9H7F4NO3. The summed E-state index contributed by atoms with van der Waals surface area (Å²) < 4.78 is 52.8. The quantitative estimate of drug-likeness (QED) is 0.638. The second-order valence-electron chi connectivity index (χ2n) is 3.08. The van der Waals surface area contributed by atoms with E-state index in [-0.39, 0.29) is 5.69 Å². The Kier molecular flexibility index (Phi) is 3.45. The Hall–Kier alpha value is -1.99. The van der Waals surface area contributed by atoms with E-state index in [1.54, 1.807) is 0 Å². The Balaban J connectivity index is 2.96. The molecule has 0 spiro atoms. The van der Waals surface area contributed by atoms with Gasteiger partial charge in [-0.1, -0.05) is 0 Å². The van der Waals surface area contributed by atoms with Crippen molar-refractivity contribution in [2.24, 2.45) is 0 Å². The lowest BCUT2D eigenvalue weighted by Crippen LogP contribution is -2.20. The maximum Gasteiger partial charge on any atom is 0.422 e. The molecule has 0 saturated heterocycles. The van der Waals surface area contributed by atoms with Crippen molar-refractivity contribution < 1.29 is 32.2 Å². The van der Waals surface area contributed by atoms with Crippen LogP contribution in [0.4, 0.5) is 23.2 Å². The number of rotatable bonds is 3. The van der Waals surface area contributed by atoms with Crippen LogP contribution in [0.2, 0.25) is 0 Å². The fraction of sp³-hybridized carbons (Fsp3) is 0.222. The fourth-order valence-corrected chi connectivity index (χ4v) is 1.02. The third kappa shape index (κ3) is 3.51. The van der Waals surface area contributed by atoms with Crippen molar-refractivity contribution >= 4 is 11.7 Å². The second kappa shape index (κ2) is 4.48. The molecule has 0 amide bonds. The molecule has 0 aliphatic carbocycles. The van der Waals surface area contributed by atoms with E-state index in [2.05, 4.69) is 4.74 Å². The zero-order chi connectivity index (χ0) is 13.2. The molecular weight excluding hydrogens is 246 g/mol. The molecule has 94 valence electrons. The standard InChI is InChI=1S/C9H7F4NO3/c10-5-2-7(17-3-9(11,12)13)6(14)1-4(5)8(15)16/h1-2H,3,14H2,(H,15,16). The molecule has 0 fully saturated rings. The third-order valence-corrected chi connectivity index (χ3v) is 1.72. The Bertz CT molecular complexity index is 445. The molecule has 17 heavy (non-hydrogen) atoms. The largest absolute Gasteiger partial charge is 0.482 e. The van der Waals surface area contributed by atoms with Gasteiger partial charge < -0.3 is 15.6 Å². The lowest BCUT2D eigenvalue weighted by molar-refractivity contribution is -0.153. The van der Waals surface area contributed by atoms with E-state index >= 15 is 0 Å². The van der Waals surface area contributed by atoms with Gasteiger partial charge in [-0.3, -0.25) is 0 Å². The number of anilines is 1. The van der Waals surface area contributed by atoms with Gasteiger partial charge in [-0.25, -0.2) is 9.18 Å². The molecule has 4 nitrogen and oxygen atoms in total. The molecule has 0 saturated carbocycles. The Morgan fingerprint density at radius 2 is 2.00 bits per heavy atom. The number of halogens is 4. The number of hydrogen-bond donors (Lipinski definition) is 2. The minimum absolute atomic E-state index is 0.381. The van der Waals surface area contributed by atoms with Crippen LogP contribution in [0.5, 0.6) is 5.75 Å². The minimum Gasteiger partial charge on any atom is -0.482 e. The molecule has 1 aromatic carbocycles. The summed E-state index contributed by atoms with van der Waals surface area (Å²) in [4.78, 5) is 10.5. The van der Waals surface area contributed by atoms with Crippen LogP contribution < -0.4 is 10.5 Å². The first-order valence-electron chi connectivity index (χ1n) is 4.22. The predicted molar refractivity (Wildman–Crippen MR) is 49.3 cm³/mol. The van der Waals surface area contributed by atoms with Gasteiger partial charge in [0.25, 0.3) is 0 Å². The van der Waals surface area contributed by atoms with E-state index < -0.39 is 35.9 Å². The van der Waals surface area contributed by atoms with Gasteiger partial charge >= 0.3 is 12.1 Å². The van der Waals surface area contributed by atoms with E-state index in [4.69, 9.17) is 10.8 Å².